The van der Waals surface area contributed by atoms with Crippen LogP contribution < -0.4 is 40.6 Å². The summed E-state index contributed by atoms with van der Waals surface area (Å²) in [5.74, 6) is -7.82. The first-order valence-corrected chi connectivity index (χ1v) is 40.3. The molecule has 4 aliphatic heterocycles. The van der Waals surface area contributed by atoms with Gasteiger partial charge in [0, 0.05) is 49.1 Å². The second-order valence-electron chi connectivity index (χ2n) is 30.4. The van der Waals surface area contributed by atoms with Crippen LogP contribution in [-0.2, 0) is 74.3 Å². The number of para-hydroxylation sites is 4. The summed E-state index contributed by atoms with van der Waals surface area (Å²) in [7, 11) is -7.27. The fraction of sp³-hybridized carbons (Fsp3) is 0.526. The van der Waals surface area contributed by atoms with Gasteiger partial charge in [-0.3, -0.25) is 37.8 Å². The number of aromatic nitrogens is 4. The number of benzene rings is 4. The number of primary sulfonamides is 1. The van der Waals surface area contributed by atoms with Crippen LogP contribution in [0.3, 0.4) is 0 Å². The van der Waals surface area contributed by atoms with Crippen LogP contribution in [0.2, 0.25) is 0 Å². The number of rotatable bonds is 15. The van der Waals surface area contributed by atoms with Crippen molar-refractivity contribution in [3.63, 3.8) is 0 Å². The number of sulfonamides is 2. The van der Waals surface area contributed by atoms with Crippen LogP contribution in [0, 0.1) is 23.5 Å². The molecule has 0 radical (unpaired) electrons. The number of carbonyl (C=O) groups excluding carboxylic acids is 5. The second kappa shape index (κ2) is 31.7. The van der Waals surface area contributed by atoms with Crippen LogP contribution in [0.15, 0.2) is 109 Å². The molecule has 4 aliphatic carbocycles. The van der Waals surface area contributed by atoms with Crippen molar-refractivity contribution in [1.82, 2.24) is 44.3 Å². The Morgan fingerprint density at radius 1 is 0.604 bits per heavy atom. The van der Waals surface area contributed by atoms with Crippen molar-refractivity contribution in [2.45, 2.75) is 226 Å². The number of nitrogens with zero attached hydrogens (tertiary/aromatic N) is 6. The van der Waals surface area contributed by atoms with Gasteiger partial charge in [0.1, 0.15) is 59.1 Å². The van der Waals surface area contributed by atoms with E-state index in [0.29, 0.717) is 100 Å². The maximum Gasteiger partial charge on any atom is 0.416 e. The molecule has 25 nitrogen and oxygen atoms in total. The second-order valence-corrected chi connectivity index (χ2v) is 34.7. The summed E-state index contributed by atoms with van der Waals surface area (Å²) in [5, 5.41) is 26.1. The molecule has 6 fully saturated rings. The summed E-state index contributed by atoms with van der Waals surface area (Å²) in [6, 6.07) is 14.8. The average Bonchev–Trinajstić information content (AvgIpc) is 1.56. The molecular formula is C76H90F8N12O13S2. The molecule has 14 rings (SSSR count). The van der Waals surface area contributed by atoms with Gasteiger partial charge in [-0.05, 0) is 165 Å². The predicted molar refractivity (Wildman–Crippen MR) is 393 cm³/mol. The zero-order valence-electron chi connectivity index (χ0n) is 61.5. The Morgan fingerprint density at radius 3 is 1.41 bits per heavy atom. The van der Waals surface area contributed by atoms with E-state index < -0.39 is 159 Å². The van der Waals surface area contributed by atoms with Crippen LogP contribution in [-0.4, -0.2) is 156 Å². The van der Waals surface area contributed by atoms with E-state index in [4.69, 9.17) is 14.6 Å². The van der Waals surface area contributed by atoms with Gasteiger partial charge in [0.05, 0.1) is 55.8 Å². The molecule has 8 aliphatic rings. The molecule has 0 unspecified atom stereocenters. The molecule has 600 valence electrons. The van der Waals surface area contributed by atoms with Crippen molar-refractivity contribution >= 4 is 89.0 Å². The monoisotopic (exact) mass is 1590 g/mol. The molecule has 6 aromatic rings. The first-order chi connectivity index (χ1) is 52.4. The number of carboxylic acid groups (broad SMARTS) is 1. The van der Waals surface area contributed by atoms with E-state index in [2.05, 4.69) is 36.0 Å². The van der Waals surface area contributed by atoms with Crippen molar-refractivity contribution in [1.29, 1.82) is 0 Å². The highest BCUT2D eigenvalue weighted by atomic mass is 32.2. The van der Waals surface area contributed by atoms with Crippen molar-refractivity contribution in [3.05, 3.63) is 132 Å². The minimum atomic E-state index is -4.84. The molecule has 35 heteroatoms. The molecule has 5 amide bonds. The minimum Gasteiger partial charge on any atom is -0.479 e. The maximum absolute atomic E-state index is 14.6. The van der Waals surface area contributed by atoms with E-state index in [1.807, 2.05) is 83.7 Å². The SMILES string of the molecule is CC1(S(N)(=O)=O)CC1.CCn1c(O[C@@H]2C[C@H]3C(=O)N[C@]4(C(=O)NS(=O)(=O)C5(C)CC5)C[C@H]4/C=C\CCCCC[C@H](Nc4cc(F)cc(C(F)(F)F)c4)C(=O)N3C2)nc2ccccc21.CCn1c(O[C@@H]2C[C@H]3C(=O)N[C@]4(C(=O)O)C[C@H]4/C=C\CCCCC[C@H](Nc4cc(F)cc(C(F)(F)F)c4)C(=O)N3C2)nc2ccccc21. The molecule has 4 saturated carbocycles. The third-order valence-electron chi connectivity index (χ3n) is 22.3. The van der Waals surface area contributed by atoms with Crippen LogP contribution in [0.4, 0.5) is 46.5 Å². The summed E-state index contributed by atoms with van der Waals surface area (Å²) in [5.41, 5.74) is -2.98. The third kappa shape index (κ3) is 17.9. The number of nitrogens with two attached hydrogens (primary N) is 1. The first-order valence-electron chi connectivity index (χ1n) is 37.3. The maximum atomic E-state index is 14.6. The van der Waals surface area contributed by atoms with E-state index >= 15 is 0 Å². The molecule has 0 bridgehead atoms. The van der Waals surface area contributed by atoms with Crippen molar-refractivity contribution in [2.24, 2.45) is 17.0 Å². The van der Waals surface area contributed by atoms with Gasteiger partial charge in [-0.25, -0.2) is 35.5 Å². The van der Waals surface area contributed by atoms with Crippen LogP contribution in [0.1, 0.15) is 154 Å². The lowest BCUT2D eigenvalue weighted by Gasteiger charge is -2.30. The number of aryl methyl sites for hydroxylation is 2. The molecule has 111 heavy (non-hydrogen) atoms. The molecule has 4 aromatic carbocycles. The number of anilines is 2. The fourth-order valence-electron chi connectivity index (χ4n) is 14.8. The highest BCUT2D eigenvalue weighted by Gasteiger charge is 2.64. The number of aliphatic carboxylic acids is 1. The summed E-state index contributed by atoms with van der Waals surface area (Å²) in [6.45, 7) is 7.91. The number of hydrogen-bond acceptors (Lipinski definition) is 16. The van der Waals surface area contributed by atoms with Gasteiger partial charge in [-0.15, -0.1) is 0 Å². The molecule has 0 spiro atoms. The lowest BCUT2D eigenvalue weighted by Crippen LogP contribution is -2.58. The van der Waals surface area contributed by atoms with Crippen LogP contribution in [0.5, 0.6) is 12.0 Å². The normalized spacial score (nSPS) is 27.3. The summed E-state index contributed by atoms with van der Waals surface area (Å²) < 4.78 is 174. The molecule has 2 saturated heterocycles. The zero-order valence-corrected chi connectivity index (χ0v) is 63.1. The van der Waals surface area contributed by atoms with Gasteiger partial charge in [0.2, 0.25) is 43.7 Å². The van der Waals surface area contributed by atoms with Crippen molar-refractivity contribution in [3.8, 4) is 12.0 Å². The van der Waals surface area contributed by atoms with E-state index in [-0.39, 0.29) is 69.0 Å². The Labute approximate surface area is 636 Å². The molecule has 8 N–H and O–H groups in total. The number of allylic oxidation sites excluding steroid dienone is 2. The van der Waals surface area contributed by atoms with Gasteiger partial charge in [0.25, 0.3) is 17.9 Å². The van der Waals surface area contributed by atoms with E-state index in [1.165, 1.54) is 9.80 Å². The zero-order chi connectivity index (χ0) is 80.0. The number of amides is 5. The van der Waals surface area contributed by atoms with E-state index in [9.17, 15) is 85.8 Å². The highest BCUT2D eigenvalue weighted by molar-refractivity contribution is 7.91. The number of carbonyl (C=O) groups is 6. The van der Waals surface area contributed by atoms with Crippen LogP contribution in [0.25, 0.3) is 22.1 Å². The van der Waals surface area contributed by atoms with Gasteiger partial charge in [0.15, 0.2) is 0 Å². The van der Waals surface area contributed by atoms with Crippen molar-refractivity contribution in [2.75, 3.05) is 23.7 Å². The Bertz CT molecular complexity index is 4850. The van der Waals surface area contributed by atoms with E-state index in [0.717, 1.165) is 54.6 Å². The van der Waals surface area contributed by atoms with E-state index in [1.54, 1.807) is 26.0 Å². The lowest BCUT2D eigenvalue weighted by atomic mass is 10.0. The number of halogens is 8. The molecular weight excluding hydrogens is 1510 g/mol. The van der Waals surface area contributed by atoms with Gasteiger partial charge < -0.3 is 45.6 Å². The first kappa shape index (κ1) is 81.1. The summed E-state index contributed by atoms with van der Waals surface area (Å²) in [6.07, 6.45) is 4.15. The Hall–Kier alpha value is -9.38. The third-order valence-corrected chi connectivity index (χ3v) is 26.2. The van der Waals surface area contributed by atoms with Gasteiger partial charge >= 0.3 is 18.3 Å². The number of imidazole rings is 2. The predicted octanol–water partition coefficient (Wildman–Crippen LogP) is 10.8. The number of fused-ring (bicyclic) bond motifs is 6. The summed E-state index contributed by atoms with van der Waals surface area (Å²) >= 11 is 0. The topological polar surface area (TPSA) is 338 Å². The molecule has 10 atom stereocenters. The summed E-state index contributed by atoms with van der Waals surface area (Å²) in [4.78, 5) is 95.1. The Kier molecular flexibility index (Phi) is 23.1. The van der Waals surface area contributed by atoms with Gasteiger partial charge in [-0.1, -0.05) is 74.3 Å². The largest absolute Gasteiger partial charge is 0.479 e. The number of nitrogens with one attached hydrogen (secondary N) is 5. The standard InChI is InChI=1S/C38H44F4N6O6S.C34H37F4N5O5.C4H9NO2S/c1-3-47-30-14-10-9-12-28(30)44-35(47)54-27-20-31-32(49)45-37(34(51)46-55(52,53)36(2)15-16-36)21-23(37)11-7-5-4-6-8-13-29(33(50)48(31)22-27)43-26-18-24(38(40,41)42)17-25(39)19-26;1-2-42-27-13-9-8-11-25(27)40-32(42)48-24-17-28-29(44)41-33(31(46)47)18-20(33)10-6-4-3-5-7-12-26(30(45)43(28)19-24)39-23-15-21(34(36,37)38)14-22(35)16-23;1-4(2-3-4)8(5,6)7/h7,9-12,14,17-19,23,27,29,31,43H,3-6,8,13,15-16,20-22H2,1-2H3,(H,45,49)(H,46,51);6,8-11,13-16,20,24,26,28,39H,2-5,7,12,17-19H2,1H3,(H,41,44)(H,46,47);2-3H2,1H3,(H2,5,6,7)/b11-7-;10-6-;/t23-,27-,29+,31+,37-;20-,24-,26+,28+,33-;/m11./s1. The number of hydrogen-bond donors (Lipinski definition) is 7. The number of alkyl halides is 6. The smallest absolute Gasteiger partial charge is 0.416 e. The molecule has 2 aromatic heterocycles. The fourth-order valence-corrected chi connectivity index (χ4v) is 16.8. The van der Waals surface area contributed by atoms with Crippen LogP contribution >= 0.6 is 0 Å². The highest BCUT2D eigenvalue weighted by Crippen LogP contribution is 2.49. The average molecular weight is 1600 g/mol. The van der Waals surface area contributed by atoms with Crippen molar-refractivity contribution < 1.29 is 95.3 Å². The molecule has 6 heterocycles. The Balaban J connectivity index is 0.000000188. The minimum absolute atomic E-state index is 0.0194. The quantitative estimate of drug-likeness (QED) is 0.0371. The van der Waals surface area contributed by atoms with Gasteiger partial charge in [-0.2, -0.15) is 36.3 Å². The lowest BCUT2D eigenvalue weighted by molar-refractivity contribution is -0.145. The number of carboxylic acids is 1. The Morgan fingerprint density at radius 2 is 1.02 bits per heavy atom. The number of ether oxygens (including phenoxy) is 2.